The zero-order valence-electron chi connectivity index (χ0n) is 14.9. The van der Waals surface area contributed by atoms with E-state index in [2.05, 4.69) is 5.32 Å². The average molecular weight is 392 g/mol. The van der Waals surface area contributed by atoms with E-state index in [1.165, 1.54) is 12.1 Å². The van der Waals surface area contributed by atoms with E-state index in [1.807, 2.05) is 19.9 Å². The van der Waals surface area contributed by atoms with Crippen molar-refractivity contribution in [2.45, 2.75) is 18.7 Å². The summed E-state index contributed by atoms with van der Waals surface area (Å²) in [5.74, 6) is 0.385. The lowest BCUT2D eigenvalue weighted by molar-refractivity contribution is 0.150. The minimum atomic E-state index is -4.01. The maximum atomic E-state index is 12.0. The third-order valence-electron chi connectivity index (χ3n) is 3.35. The van der Waals surface area contributed by atoms with Gasteiger partial charge in [-0.05, 0) is 43.7 Å². The third-order valence-corrected chi connectivity index (χ3v) is 4.68. The van der Waals surface area contributed by atoms with Crippen molar-refractivity contribution in [1.29, 1.82) is 0 Å². The first-order valence-corrected chi connectivity index (χ1v) is 9.53. The molecule has 0 heterocycles. The van der Waals surface area contributed by atoms with Crippen LogP contribution in [-0.4, -0.2) is 33.8 Å². The number of hydrogen-bond donors (Lipinski definition) is 2. The number of hydrogen-bond acceptors (Lipinski definition) is 6. The molecule has 0 saturated carbocycles. The van der Waals surface area contributed by atoms with E-state index in [9.17, 15) is 18.0 Å². The van der Waals surface area contributed by atoms with E-state index in [-0.39, 0.29) is 18.0 Å². The summed E-state index contributed by atoms with van der Waals surface area (Å²) in [4.78, 5) is 23.2. The van der Waals surface area contributed by atoms with Crippen LogP contribution in [0.1, 0.15) is 11.1 Å². The third kappa shape index (κ3) is 6.63. The van der Waals surface area contributed by atoms with Gasteiger partial charge in [0.15, 0.2) is 0 Å². The summed E-state index contributed by atoms with van der Waals surface area (Å²) in [6.07, 6.45) is -1.85. The molecule has 2 rings (SSSR count). The summed E-state index contributed by atoms with van der Waals surface area (Å²) in [7, 11) is -4.01. The normalized spacial score (nSPS) is 10.7. The predicted molar refractivity (Wildman–Crippen MR) is 98.1 cm³/mol. The van der Waals surface area contributed by atoms with Gasteiger partial charge in [-0.25, -0.2) is 22.7 Å². The summed E-state index contributed by atoms with van der Waals surface area (Å²) in [5, 5.41) is 2.39. The van der Waals surface area contributed by atoms with E-state index in [0.717, 1.165) is 11.1 Å². The molecule has 27 heavy (non-hydrogen) atoms. The number of rotatable bonds is 6. The lowest BCUT2D eigenvalue weighted by atomic mass is 10.2. The van der Waals surface area contributed by atoms with Crippen molar-refractivity contribution < 1.29 is 27.5 Å². The van der Waals surface area contributed by atoms with E-state index in [4.69, 9.17) is 9.47 Å². The molecule has 2 aromatic carbocycles. The van der Waals surface area contributed by atoms with Crippen LogP contribution in [-0.2, 0) is 14.8 Å². The molecule has 0 spiro atoms. The van der Waals surface area contributed by atoms with Crippen LogP contribution in [0.15, 0.2) is 53.4 Å². The van der Waals surface area contributed by atoms with Crippen LogP contribution < -0.4 is 14.8 Å². The topological polar surface area (TPSA) is 111 Å². The second-order valence-electron chi connectivity index (χ2n) is 5.69. The number of ether oxygens (including phenoxy) is 2. The number of sulfonamides is 1. The maximum absolute atomic E-state index is 12.0. The number of carbonyl (C=O) groups is 2. The Morgan fingerprint density at radius 3 is 2.33 bits per heavy atom. The highest BCUT2D eigenvalue weighted by atomic mass is 32.2. The number of nitrogens with one attached hydrogen (secondary N) is 2. The van der Waals surface area contributed by atoms with Crippen molar-refractivity contribution in [2.75, 3.05) is 13.2 Å². The van der Waals surface area contributed by atoms with Crippen molar-refractivity contribution in [3.63, 3.8) is 0 Å². The van der Waals surface area contributed by atoms with Crippen molar-refractivity contribution >= 4 is 22.2 Å². The molecule has 0 aromatic heterocycles. The van der Waals surface area contributed by atoms with E-state index >= 15 is 0 Å². The fraction of sp³-hybridized carbons (Fsp3) is 0.222. The molecule has 144 valence electrons. The van der Waals surface area contributed by atoms with Crippen LogP contribution in [0.25, 0.3) is 0 Å². The van der Waals surface area contributed by atoms with Crippen LogP contribution in [0.3, 0.4) is 0 Å². The molecule has 9 heteroatoms. The van der Waals surface area contributed by atoms with Gasteiger partial charge in [0.1, 0.15) is 12.4 Å². The fourth-order valence-corrected chi connectivity index (χ4v) is 2.92. The number of carbonyl (C=O) groups excluding carboxylic acids is 2. The molecule has 0 saturated heterocycles. The van der Waals surface area contributed by atoms with E-state index in [0.29, 0.717) is 5.75 Å². The molecular weight excluding hydrogens is 372 g/mol. The van der Waals surface area contributed by atoms with Crippen LogP contribution in [0, 0.1) is 13.8 Å². The van der Waals surface area contributed by atoms with E-state index < -0.39 is 22.2 Å². The maximum Gasteiger partial charge on any atom is 0.421 e. The first-order valence-electron chi connectivity index (χ1n) is 8.05. The zero-order valence-corrected chi connectivity index (χ0v) is 15.7. The lowest BCUT2D eigenvalue weighted by Crippen LogP contribution is -2.34. The first-order chi connectivity index (χ1) is 12.8. The number of aryl methyl sites for hydroxylation is 2. The molecule has 0 atom stereocenters. The summed E-state index contributed by atoms with van der Waals surface area (Å²) in [5.41, 5.74) is 1.83. The molecule has 0 radical (unpaired) electrons. The van der Waals surface area contributed by atoms with Crippen LogP contribution in [0.4, 0.5) is 9.59 Å². The quantitative estimate of drug-likeness (QED) is 0.731. The molecular formula is C18H20N2O6S. The lowest BCUT2D eigenvalue weighted by Gasteiger charge is -2.09. The molecule has 2 N–H and O–H groups in total. The van der Waals surface area contributed by atoms with Crippen LogP contribution in [0.2, 0.25) is 0 Å². The van der Waals surface area contributed by atoms with Gasteiger partial charge in [-0.3, -0.25) is 0 Å². The smallest absolute Gasteiger partial charge is 0.421 e. The second-order valence-corrected chi connectivity index (χ2v) is 7.37. The fourth-order valence-electron chi connectivity index (χ4n) is 2.03. The molecule has 8 nitrogen and oxygen atoms in total. The second kappa shape index (κ2) is 9.04. The standard InChI is InChI=1S/C18H20N2O6S/c1-13-6-8-16(9-7-13)27(23,24)20-18(22)25-11-10-19-17(21)26-15-5-3-4-14(2)12-15/h3-9,12H,10-11H2,1-2H3,(H,19,21)(H,20,22). The highest BCUT2D eigenvalue weighted by Gasteiger charge is 2.18. The molecule has 2 aromatic rings. The van der Waals surface area contributed by atoms with Gasteiger partial charge in [-0.15, -0.1) is 0 Å². The Morgan fingerprint density at radius 1 is 0.963 bits per heavy atom. The SMILES string of the molecule is Cc1ccc(S(=O)(=O)NC(=O)OCCNC(=O)Oc2cccc(C)c2)cc1. The molecule has 0 bridgehead atoms. The monoisotopic (exact) mass is 392 g/mol. The minimum absolute atomic E-state index is 0.0390. The Kier molecular flexibility index (Phi) is 6.78. The summed E-state index contributed by atoms with van der Waals surface area (Å²) >= 11 is 0. The Bertz CT molecular complexity index is 910. The van der Waals surface area contributed by atoms with Crippen molar-refractivity contribution in [3.8, 4) is 5.75 Å². The predicted octanol–water partition coefficient (Wildman–Crippen LogP) is 2.51. The van der Waals surface area contributed by atoms with Gasteiger partial charge in [0.05, 0.1) is 11.4 Å². The van der Waals surface area contributed by atoms with Crippen molar-refractivity contribution in [3.05, 3.63) is 59.7 Å². The van der Waals surface area contributed by atoms with Gasteiger partial charge in [0.2, 0.25) is 0 Å². The minimum Gasteiger partial charge on any atom is -0.447 e. The summed E-state index contributed by atoms with van der Waals surface area (Å²) in [6, 6.07) is 12.9. The van der Waals surface area contributed by atoms with Crippen molar-refractivity contribution in [2.24, 2.45) is 0 Å². The van der Waals surface area contributed by atoms with Crippen LogP contribution >= 0.6 is 0 Å². The Hall–Kier alpha value is -3.07. The van der Waals surface area contributed by atoms with Gasteiger partial charge in [0.25, 0.3) is 10.0 Å². The first kappa shape index (κ1) is 20.2. The molecule has 0 aliphatic rings. The van der Waals surface area contributed by atoms with Gasteiger partial charge >= 0.3 is 12.2 Å². The van der Waals surface area contributed by atoms with Gasteiger partial charge < -0.3 is 14.8 Å². The molecule has 0 aliphatic carbocycles. The molecule has 0 fully saturated rings. The van der Waals surface area contributed by atoms with Crippen molar-refractivity contribution in [1.82, 2.24) is 10.0 Å². The van der Waals surface area contributed by atoms with Gasteiger partial charge in [-0.1, -0.05) is 29.8 Å². The Morgan fingerprint density at radius 2 is 1.67 bits per heavy atom. The number of amides is 2. The molecule has 0 aliphatic heterocycles. The molecule has 2 amide bonds. The average Bonchev–Trinajstić information content (AvgIpc) is 2.59. The molecule has 0 unspecified atom stereocenters. The van der Waals surface area contributed by atoms with Gasteiger partial charge in [-0.2, -0.15) is 0 Å². The Balaban J connectivity index is 1.72. The largest absolute Gasteiger partial charge is 0.447 e. The van der Waals surface area contributed by atoms with Gasteiger partial charge in [0, 0.05) is 0 Å². The highest BCUT2D eigenvalue weighted by Crippen LogP contribution is 2.12. The van der Waals surface area contributed by atoms with Crippen LogP contribution in [0.5, 0.6) is 5.75 Å². The van der Waals surface area contributed by atoms with E-state index in [1.54, 1.807) is 35.1 Å². The Labute approximate surface area is 157 Å². The zero-order chi connectivity index (χ0) is 19.9. The summed E-state index contributed by atoms with van der Waals surface area (Å²) in [6.45, 7) is 3.41. The highest BCUT2D eigenvalue weighted by molar-refractivity contribution is 7.90. The summed E-state index contributed by atoms with van der Waals surface area (Å²) < 4.78 is 35.6. The number of benzene rings is 2.